The number of hydrogen-bond donors (Lipinski definition) is 0. The molecule has 0 radical (unpaired) electrons. The Hall–Kier alpha value is -9.02. The standard InChI is InChI=1S/C84H87NO6/c1-7-64-13-25-73(26-14-64)52-86-58-79(59-87-53-74-27-15-65(8-2)16-28-74)49-70-37-43-82(44-38-70)85(83-45-39-71(40-46-83)50-80(60-88-54-75-29-17-66(9-3)18-30-75)61-89-55-76-31-19-67(10-4)20-32-76)84-47-41-72(42-48-84)51-81(62-90-56-77-33-21-68(11-5)22-34-77)63-91-57-78-35-23-69(12-6)24-36-78/h7-48,79-81H,1-6,49-63H2. The van der Waals surface area contributed by atoms with Crippen LogP contribution in [0.5, 0.6) is 0 Å². The van der Waals surface area contributed by atoms with Crippen molar-refractivity contribution in [3.8, 4) is 0 Å². The average molecular weight is 1210 g/mol. The number of benzene rings is 9. The Bertz CT molecular complexity index is 3090. The summed E-state index contributed by atoms with van der Waals surface area (Å²) in [7, 11) is 0. The van der Waals surface area contributed by atoms with Crippen LogP contribution >= 0.6 is 0 Å². The Labute approximate surface area is 541 Å². The highest BCUT2D eigenvalue weighted by Crippen LogP contribution is 2.36. The monoisotopic (exact) mass is 1210 g/mol. The van der Waals surface area contributed by atoms with Gasteiger partial charge in [-0.1, -0.05) is 258 Å². The first-order chi connectivity index (χ1) is 44.7. The number of rotatable bonds is 39. The SMILES string of the molecule is C=Cc1ccc(COCC(COCc2ccc(C=C)cc2)Cc2ccc(N(c3ccc(CC(COCc4ccc(C=C)cc4)COCc4ccc(C=C)cc4)cc3)c3ccc(CC(COCc4ccc(C=C)cc4)COCc4ccc(C=C)cc4)cc3)cc2)cc1. The zero-order valence-electron chi connectivity index (χ0n) is 52.7. The van der Waals surface area contributed by atoms with E-state index in [9.17, 15) is 0 Å². The molecule has 0 heterocycles. The van der Waals surface area contributed by atoms with Crippen molar-refractivity contribution in [2.45, 2.75) is 58.9 Å². The topological polar surface area (TPSA) is 58.6 Å². The van der Waals surface area contributed by atoms with Gasteiger partial charge in [0.15, 0.2) is 0 Å². The quantitative estimate of drug-likeness (QED) is 0.0380. The maximum Gasteiger partial charge on any atom is 0.0717 e. The Morgan fingerprint density at radius 1 is 0.220 bits per heavy atom. The first-order valence-electron chi connectivity index (χ1n) is 31.6. The van der Waals surface area contributed by atoms with E-state index in [4.69, 9.17) is 28.4 Å². The van der Waals surface area contributed by atoms with E-state index in [0.717, 1.165) is 103 Å². The van der Waals surface area contributed by atoms with Gasteiger partial charge in [-0.2, -0.15) is 0 Å². The fraction of sp³-hybridized carbons (Fsp3) is 0.214. The smallest absolute Gasteiger partial charge is 0.0717 e. The van der Waals surface area contributed by atoms with Gasteiger partial charge in [-0.15, -0.1) is 0 Å². The lowest BCUT2D eigenvalue weighted by molar-refractivity contribution is 0.0271. The predicted molar refractivity (Wildman–Crippen MR) is 380 cm³/mol. The lowest BCUT2D eigenvalue weighted by atomic mass is 9.98. The average Bonchev–Trinajstić information content (AvgIpc) is 1.42. The predicted octanol–water partition coefficient (Wildman–Crippen LogP) is 19.8. The molecule has 0 aliphatic rings. The zero-order chi connectivity index (χ0) is 63.2. The zero-order valence-corrected chi connectivity index (χ0v) is 52.7. The number of nitrogens with zero attached hydrogens (tertiary/aromatic N) is 1. The molecule has 0 saturated heterocycles. The molecule has 0 N–H and O–H groups in total. The molecule has 91 heavy (non-hydrogen) atoms. The molecule has 0 fully saturated rings. The molecule has 0 atom stereocenters. The summed E-state index contributed by atoms with van der Waals surface area (Å²) in [6, 6.07) is 77.0. The van der Waals surface area contributed by atoms with Crippen LogP contribution in [0.25, 0.3) is 36.5 Å². The highest BCUT2D eigenvalue weighted by molar-refractivity contribution is 5.77. The molecular weight excluding hydrogens is 1120 g/mol. The minimum atomic E-state index is 0.113. The normalized spacial score (nSPS) is 11.2. The Morgan fingerprint density at radius 2 is 0.374 bits per heavy atom. The van der Waals surface area contributed by atoms with E-state index in [1.165, 1.54) is 16.7 Å². The van der Waals surface area contributed by atoms with Gasteiger partial charge in [0, 0.05) is 34.8 Å². The summed E-state index contributed by atoms with van der Waals surface area (Å²) in [5.41, 5.74) is 20.0. The number of hydrogen-bond acceptors (Lipinski definition) is 7. The van der Waals surface area contributed by atoms with Gasteiger partial charge in [0.05, 0.1) is 79.3 Å². The van der Waals surface area contributed by atoms with Crippen LogP contribution in [0, 0.1) is 17.8 Å². The van der Waals surface area contributed by atoms with Gasteiger partial charge in [0.2, 0.25) is 0 Å². The molecule has 0 unspecified atom stereocenters. The Morgan fingerprint density at radius 3 is 0.527 bits per heavy atom. The molecular formula is C84H87NO6. The fourth-order valence-electron chi connectivity index (χ4n) is 10.8. The van der Waals surface area contributed by atoms with Crippen molar-refractivity contribution in [3.05, 3.63) is 341 Å². The van der Waals surface area contributed by atoms with E-state index in [1.807, 2.05) is 36.5 Å². The first kappa shape index (κ1) is 66.4. The molecule has 7 heteroatoms. The van der Waals surface area contributed by atoms with Gasteiger partial charge < -0.3 is 33.3 Å². The van der Waals surface area contributed by atoms with Gasteiger partial charge >= 0.3 is 0 Å². The molecule has 0 amide bonds. The third kappa shape index (κ3) is 21.6. The van der Waals surface area contributed by atoms with E-state index in [0.29, 0.717) is 79.3 Å². The van der Waals surface area contributed by atoms with Gasteiger partial charge in [0.1, 0.15) is 0 Å². The van der Waals surface area contributed by atoms with E-state index < -0.39 is 0 Å². The third-order valence-electron chi connectivity index (χ3n) is 16.2. The van der Waals surface area contributed by atoms with Crippen molar-refractivity contribution in [2.75, 3.05) is 44.5 Å². The van der Waals surface area contributed by atoms with Crippen LogP contribution < -0.4 is 4.90 Å². The van der Waals surface area contributed by atoms with Gasteiger partial charge in [-0.3, -0.25) is 0 Å². The van der Waals surface area contributed by atoms with Crippen LogP contribution in [-0.4, -0.2) is 39.6 Å². The molecule has 0 aromatic heterocycles. The third-order valence-corrected chi connectivity index (χ3v) is 16.2. The maximum atomic E-state index is 6.42. The van der Waals surface area contributed by atoms with Crippen molar-refractivity contribution in [2.24, 2.45) is 17.8 Å². The van der Waals surface area contributed by atoms with Crippen LogP contribution in [0.3, 0.4) is 0 Å². The second-order valence-corrected chi connectivity index (χ2v) is 23.3. The lowest BCUT2D eigenvalue weighted by Gasteiger charge is -2.27. The largest absolute Gasteiger partial charge is 0.376 e. The van der Waals surface area contributed by atoms with Gasteiger partial charge in [0.25, 0.3) is 0 Å². The molecule has 0 spiro atoms. The number of anilines is 3. The lowest BCUT2D eigenvalue weighted by Crippen LogP contribution is -2.19. The maximum absolute atomic E-state index is 6.42. The Balaban J connectivity index is 0.945. The van der Waals surface area contributed by atoms with Crippen LogP contribution in [0.15, 0.2) is 258 Å². The minimum Gasteiger partial charge on any atom is -0.376 e. The van der Waals surface area contributed by atoms with Gasteiger partial charge in [-0.05, 0) is 139 Å². The molecule has 0 aliphatic heterocycles. The van der Waals surface area contributed by atoms with Crippen molar-refractivity contribution in [1.82, 2.24) is 0 Å². The van der Waals surface area contributed by atoms with Crippen molar-refractivity contribution < 1.29 is 28.4 Å². The first-order valence-corrected chi connectivity index (χ1v) is 31.6. The van der Waals surface area contributed by atoms with E-state index in [-0.39, 0.29) is 17.8 Å². The van der Waals surface area contributed by atoms with E-state index in [2.05, 4.69) is 263 Å². The van der Waals surface area contributed by atoms with Crippen molar-refractivity contribution in [1.29, 1.82) is 0 Å². The Kier molecular flexibility index (Phi) is 26.3. The minimum absolute atomic E-state index is 0.113. The van der Waals surface area contributed by atoms with Crippen LogP contribution in [0.2, 0.25) is 0 Å². The second kappa shape index (κ2) is 36.0. The summed E-state index contributed by atoms with van der Waals surface area (Å²) in [6.45, 7) is 29.8. The fourth-order valence-corrected chi connectivity index (χ4v) is 10.8. The number of ether oxygens (including phenoxy) is 6. The summed E-state index contributed by atoms with van der Waals surface area (Å²) in [5.74, 6) is 0.338. The molecule has 9 aromatic rings. The molecule has 0 aliphatic carbocycles. The molecule has 9 aromatic carbocycles. The van der Waals surface area contributed by atoms with Gasteiger partial charge in [-0.25, -0.2) is 0 Å². The second-order valence-electron chi connectivity index (χ2n) is 23.3. The molecule has 9 rings (SSSR count). The summed E-state index contributed by atoms with van der Waals surface area (Å²) >= 11 is 0. The molecule has 7 nitrogen and oxygen atoms in total. The van der Waals surface area contributed by atoms with E-state index in [1.54, 1.807) is 0 Å². The van der Waals surface area contributed by atoms with Crippen LogP contribution in [-0.2, 0) is 87.3 Å². The van der Waals surface area contributed by atoms with Crippen LogP contribution in [0.1, 0.15) is 83.5 Å². The van der Waals surface area contributed by atoms with Crippen LogP contribution in [0.4, 0.5) is 17.1 Å². The summed E-state index contributed by atoms with van der Waals surface area (Å²) in [4.78, 5) is 2.34. The van der Waals surface area contributed by atoms with E-state index >= 15 is 0 Å². The summed E-state index contributed by atoms with van der Waals surface area (Å²) in [6.07, 6.45) is 13.5. The van der Waals surface area contributed by atoms with Crippen molar-refractivity contribution >= 4 is 53.5 Å². The summed E-state index contributed by atoms with van der Waals surface area (Å²) < 4.78 is 38.5. The summed E-state index contributed by atoms with van der Waals surface area (Å²) in [5, 5.41) is 0. The molecule has 0 saturated carbocycles. The molecule has 0 bridgehead atoms. The highest BCUT2D eigenvalue weighted by atomic mass is 16.5. The highest BCUT2D eigenvalue weighted by Gasteiger charge is 2.19. The molecule has 464 valence electrons. The van der Waals surface area contributed by atoms with Crippen molar-refractivity contribution in [3.63, 3.8) is 0 Å².